The first-order valence-corrected chi connectivity index (χ1v) is 7.08. The molecule has 1 aliphatic rings. The van der Waals surface area contributed by atoms with Crippen molar-refractivity contribution < 1.29 is 9.90 Å². The lowest BCUT2D eigenvalue weighted by Crippen LogP contribution is -2.44. The molecule has 19 heavy (non-hydrogen) atoms. The molecule has 1 aromatic rings. The molecule has 0 aromatic heterocycles. The highest BCUT2D eigenvalue weighted by atomic mass is 16.4. The van der Waals surface area contributed by atoms with Crippen LogP contribution in [0, 0.1) is 12.8 Å². The minimum atomic E-state index is -0.646. The zero-order chi connectivity index (χ0) is 13.8. The third-order valence-electron chi connectivity index (χ3n) is 4.08. The van der Waals surface area contributed by atoms with Crippen molar-refractivity contribution >= 4 is 5.97 Å². The zero-order valence-electron chi connectivity index (χ0n) is 11.8. The van der Waals surface area contributed by atoms with E-state index in [9.17, 15) is 4.79 Å². The molecule has 1 fully saturated rings. The molecular formula is C16H23NO2. The van der Waals surface area contributed by atoms with Crippen LogP contribution in [0.15, 0.2) is 24.3 Å². The number of hydrogen-bond acceptors (Lipinski definition) is 2. The number of benzene rings is 1. The van der Waals surface area contributed by atoms with Crippen LogP contribution in [0.1, 0.15) is 30.9 Å². The van der Waals surface area contributed by atoms with E-state index >= 15 is 0 Å². The summed E-state index contributed by atoms with van der Waals surface area (Å²) in [5.41, 5.74) is 2.61. The number of hydrogen-bond donors (Lipinski definition) is 1. The molecule has 0 spiro atoms. The molecule has 3 heteroatoms. The number of aryl methyl sites for hydroxylation is 1. The van der Waals surface area contributed by atoms with Crippen LogP contribution in [0.2, 0.25) is 0 Å². The molecule has 0 saturated carbocycles. The van der Waals surface area contributed by atoms with Crippen molar-refractivity contribution in [1.82, 2.24) is 4.90 Å². The fourth-order valence-electron chi connectivity index (χ4n) is 2.80. The summed E-state index contributed by atoms with van der Waals surface area (Å²) in [5, 5.41) is 9.13. The number of nitrogens with zero attached hydrogens (tertiary/aromatic N) is 1. The van der Waals surface area contributed by atoms with Crippen LogP contribution in [-0.2, 0) is 11.2 Å². The second-order valence-electron chi connectivity index (χ2n) is 5.71. The number of likely N-dealkylation sites (tertiary alicyclic amines) is 1. The van der Waals surface area contributed by atoms with E-state index in [1.165, 1.54) is 11.1 Å². The van der Waals surface area contributed by atoms with E-state index in [-0.39, 0.29) is 5.92 Å². The van der Waals surface area contributed by atoms with Crippen molar-refractivity contribution in [3.63, 3.8) is 0 Å². The Kier molecular flexibility index (Phi) is 4.59. The van der Waals surface area contributed by atoms with Gasteiger partial charge in [0.25, 0.3) is 0 Å². The smallest absolute Gasteiger partial charge is 0.307 e. The standard InChI is InChI=1S/C16H23NO2/c1-12-5-7-14(8-6-12)10-13(2)17-9-3-4-15(11-17)16(18)19/h5-8,13,15H,3-4,9-11H2,1-2H3,(H,18,19). The van der Waals surface area contributed by atoms with E-state index in [4.69, 9.17) is 5.11 Å². The number of carboxylic acids is 1. The van der Waals surface area contributed by atoms with Crippen LogP contribution in [-0.4, -0.2) is 35.1 Å². The Morgan fingerprint density at radius 1 is 1.42 bits per heavy atom. The molecule has 1 aromatic carbocycles. The van der Waals surface area contributed by atoms with Crippen molar-refractivity contribution in [3.05, 3.63) is 35.4 Å². The Bertz CT molecular complexity index is 427. The van der Waals surface area contributed by atoms with Crippen LogP contribution < -0.4 is 0 Å². The lowest BCUT2D eigenvalue weighted by molar-refractivity contribution is -0.143. The maximum absolute atomic E-state index is 11.1. The van der Waals surface area contributed by atoms with Gasteiger partial charge >= 0.3 is 5.97 Å². The highest BCUT2D eigenvalue weighted by molar-refractivity contribution is 5.70. The minimum absolute atomic E-state index is 0.186. The molecule has 2 atom stereocenters. The van der Waals surface area contributed by atoms with E-state index in [1.54, 1.807) is 0 Å². The van der Waals surface area contributed by atoms with Gasteiger partial charge in [0.2, 0.25) is 0 Å². The predicted molar refractivity (Wildman–Crippen MR) is 76.3 cm³/mol. The van der Waals surface area contributed by atoms with E-state index in [0.29, 0.717) is 12.6 Å². The molecule has 0 bridgehead atoms. The Morgan fingerprint density at radius 3 is 2.74 bits per heavy atom. The molecule has 0 radical (unpaired) electrons. The van der Waals surface area contributed by atoms with Gasteiger partial charge in [-0.1, -0.05) is 29.8 Å². The lowest BCUT2D eigenvalue weighted by atomic mass is 9.95. The summed E-state index contributed by atoms with van der Waals surface area (Å²) in [4.78, 5) is 13.4. The molecule has 3 nitrogen and oxygen atoms in total. The Hall–Kier alpha value is -1.35. The SMILES string of the molecule is Cc1ccc(CC(C)N2CCCC(C(=O)O)C2)cc1. The van der Waals surface area contributed by atoms with Gasteiger partial charge in [0, 0.05) is 12.6 Å². The first-order chi connectivity index (χ1) is 9.06. The predicted octanol–water partition coefficient (Wildman–Crippen LogP) is 2.72. The van der Waals surface area contributed by atoms with Gasteiger partial charge in [0.05, 0.1) is 5.92 Å². The maximum Gasteiger partial charge on any atom is 0.307 e. The quantitative estimate of drug-likeness (QED) is 0.906. The van der Waals surface area contributed by atoms with E-state index in [0.717, 1.165) is 25.8 Å². The first-order valence-electron chi connectivity index (χ1n) is 7.08. The van der Waals surface area contributed by atoms with Crippen molar-refractivity contribution in [2.75, 3.05) is 13.1 Å². The fourth-order valence-corrected chi connectivity index (χ4v) is 2.80. The summed E-state index contributed by atoms with van der Waals surface area (Å²) in [7, 11) is 0. The molecule has 104 valence electrons. The Labute approximate surface area is 115 Å². The van der Waals surface area contributed by atoms with E-state index in [2.05, 4.69) is 43.0 Å². The van der Waals surface area contributed by atoms with Crippen LogP contribution in [0.5, 0.6) is 0 Å². The molecular weight excluding hydrogens is 238 g/mol. The van der Waals surface area contributed by atoms with Gasteiger partial charge in [-0.05, 0) is 45.2 Å². The summed E-state index contributed by atoms with van der Waals surface area (Å²) in [6.45, 7) is 6.01. The van der Waals surface area contributed by atoms with Crippen LogP contribution in [0.25, 0.3) is 0 Å². The van der Waals surface area contributed by atoms with Crippen molar-refractivity contribution in [2.45, 2.75) is 39.2 Å². The Balaban J connectivity index is 1.93. The molecule has 1 aliphatic heterocycles. The van der Waals surface area contributed by atoms with Gasteiger partial charge < -0.3 is 5.11 Å². The second kappa shape index (κ2) is 6.20. The van der Waals surface area contributed by atoms with Gasteiger partial charge in [-0.15, -0.1) is 0 Å². The van der Waals surface area contributed by atoms with Gasteiger partial charge in [-0.2, -0.15) is 0 Å². The van der Waals surface area contributed by atoms with Crippen LogP contribution in [0.3, 0.4) is 0 Å². The normalized spacial score (nSPS) is 22.1. The third kappa shape index (κ3) is 3.80. The number of rotatable bonds is 4. The number of carboxylic acid groups (broad SMARTS) is 1. The van der Waals surface area contributed by atoms with Gasteiger partial charge in [0.15, 0.2) is 0 Å². The summed E-state index contributed by atoms with van der Waals surface area (Å²) in [6, 6.07) is 9.02. The number of piperidine rings is 1. The number of carbonyl (C=O) groups is 1. The van der Waals surface area contributed by atoms with Crippen LogP contribution in [0.4, 0.5) is 0 Å². The summed E-state index contributed by atoms with van der Waals surface area (Å²) in [6.07, 6.45) is 2.81. The maximum atomic E-state index is 11.1. The highest BCUT2D eigenvalue weighted by Gasteiger charge is 2.27. The first kappa shape index (κ1) is 14.1. The van der Waals surface area contributed by atoms with Gasteiger partial charge in [-0.25, -0.2) is 0 Å². The molecule has 2 unspecified atom stereocenters. The topological polar surface area (TPSA) is 40.5 Å². The summed E-state index contributed by atoms with van der Waals surface area (Å²) in [5.74, 6) is -0.832. The molecule has 2 rings (SSSR count). The molecule has 1 heterocycles. The number of aliphatic carboxylic acids is 1. The van der Waals surface area contributed by atoms with E-state index < -0.39 is 5.97 Å². The molecule has 1 N–H and O–H groups in total. The minimum Gasteiger partial charge on any atom is -0.481 e. The van der Waals surface area contributed by atoms with Gasteiger partial charge in [0.1, 0.15) is 0 Å². The largest absolute Gasteiger partial charge is 0.481 e. The highest BCUT2D eigenvalue weighted by Crippen LogP contribution is 2.20. The van der Waals surface area contributed by atoms with E-state index in [1.807, 2.05) is 0 Å². The van der Waals surface area contributed by atoms with Crippen molar-refractivity contribution in [1.29, 1.82) is 0 Å². The average Bonchev–Trinajstić information content (AvgIpc) is 2.41. The Morgan fingerprint density at radius 2 is 2.11 bits per heavy atom. The third-order valence-corrected chi connectivity index (χ3v) is 4.08. The molecule has 1 saturated heterocycles. The summed E-state index contributed by atoms with van der Waals surface area (Å²) < 4.78 is 0. The zero-order valence-corrected chi connectivity index (χ0v) is 11.8. The van der Waals surface area contributed by atoms with Crippen molar-refractivity contribution in [3.8, 4) is 0 Å². The summed E-state index contributed by atoms with van der Waals surface area (Å²) >= 11 is 0. The van der Waals surface area contributed by atoms with Gasteiger partial charge in [-0.3, -0.25) is 9.69 Å². The molecule has 0 aliphatic carbocycles. The molecule has 0 amide bonds. The average molecular weight is 261 g/mol. The fraction of sp³-hybridized carbons (Fsp3) is 0.562. The van der Waals surface area contributed by atoms with Crippen LogP contribution >= 0.6 is 0 Å². The van der Waals surface area contributed by atoms with Crippen molar-refractivity contribution in [2.24, 2.45) is 5.92 Å². The lowest BCUT2D eigenvalue weighted by Gasteiger charge is -2.35. The second-order valence-corrected chi connectivity index (χ2v) is 5.71. The monoisotopic (exact) mass is 261 g/mol.